The first-order chi connectivity index (χ1) is 16.2. The quantitative estimate of drug-likeness (QED) is 0.580. The van der Waals surface area contributed by atoms with Gasteiger partial charge >= 0.3 is 6.18 Å². The van der Waals surface area contributed by atoms with Crippen molar-refractivity contribution < 1.29 is 13.2 Å². The number of nitrogens with one attached hydrogen (secondary N) is 2. The van der Waals surface area contributed by atoms with Gasteiger partial charge in [-0.25, -0.2) is 14.4 Å². The zero-order valence-corrected chi connectivity index (χ0v) is 18.7. The molecule has 3 aromatic heterocycles. The Morgan fingerprint density at radius 2 is 1.88 bits per heavy atom. The smallest absolute Gasteiger partial charge is 0.325 e. The van der Waals surface area contributed by atoms with Crippen LogP contribution in [0.15, 0.2) is 35.6 Å². The molecule has 0 spiro atoms. The van der Waals surface area contributed by atoms with Crippen molar-refractivity contribution in [1.29, 1.82) is 5.41 Å². The van der Waals surface area contributed by atoms with Gasteiger partial charge in [0.1, 0.15) is 11.7 Å². The van der Waals surface area contributed by atoms with Gasteiger partial charge in [0.15, 0.2) is 5.82 Å². The molecule has 0 unspecified atom stereocenters. The van der Waals surface area contributed by atoms with E-state index in [9.17, 15) is 13.2 Å². The van der Waals surface area contributed by atoms with Crippen molar-refractivity contribution in [3.8, 4) is 11.3 Å². The molecular formula is C23H23F3N8. The van der Waals surface area contributed by atoms with Crippen LogP contribution >= 0.6 is 0 Å². The van der Waals surface area contributed by atoms with Crippen LogP contribution in [0.25, 0.3) is 17.1 Å². The van der Waals surface area contributed by atoms with Crippen molar-refractivity contribution in [3.63, 3.8) is 0 Å². The summed E-state index contributed by atoms with van der Waals surface area (Å²) in [4.78, 5) is 8.49. The van der Waals surface area contributed by atoms with E-state index in [4.69, 9.17) is 10.5 Å². The van der Waals surface area contributed by atoms with Gasteiger partial charge < -0.3 is 5.32 Å². The molecule has 34 heavy (non-hydrogen) atoms. The van der Waals surface area contributed by atoms with Crippen molar-refractivity contribution in [3.05, 3.63) is 53.1 Å². The molecule has 0 radical (unpaired) electrons. The number of alkyl halides is 3. The van der Waals surface area contributed by atoms with E-state index in [0.29, 0.717) is 18.2 Å². The van der Waals surface area contributed by atoms with Crippen molar-refractivity contribution >= 4 is 23.7 Å². The van der Waals surface area contributed by atoms with Gasteiger partial charge in [-0.2, -0.15) is 23.4 Å². The number of nitrogens with zero attached hydrogens (tertiary/aromatic N) is 6. The van der Waals surface area contributed by atoms with Crippen LogP contribution in [0, 0.1) is 25.2 Å². The molecule has 4 heterocycles. The second-order valence-corrected chi connectivity index (χ2v) is 8.55. The third-order valence-corrected chi connectivity index (χ3v) is 5.97. The molecule has 0 bridgehead atoms. The number of fused-ring (bicyclic) bond motifs is 1. The summed E-state index contributed by atoms with van der Waals surface area (Å²) in [5.74, 6) is 1.35. The monoisotopic (exact) mass is 468 g/mol. The molecule has 0 saturated heterocycles. The summed E-state index contributed by atoms with van der Waals surface area (Å²) < 4.78 is 43.5. The Balaban J connectivity index is 1.57. The number of halogens is 3. The highest BCUT2D eigenvalue weighted by Gasteiger charge is 2.38. The van der Waals surface area contributed by atoms with Crippen LogP contribution < -0.4 is 5.32 Å². The molecular weight excluding hydrogens is 445 g/mol. The summed E-state index contributed by atoms with van der Waals surface area (Å²) in [5.41, 5.74) is 1.52. The average molecular weight is 468 g/mol. The number of hydrogen-bond acceptors (Lipinski definition) is 5. The fraction of sp³-hybridized carbons (Fsp3) is 0.348. The van der Waals surface area contributed by atoms with Crippen LogP contribution in [-0.2, 0) is 19.1 Å². The first-order valence-corrected chi connectivity index (χ1v) is 11.0. The molecule has 0 amide bonds. The van der Waals surface area contributed by atoms with E-state index in [2.05, 4.69) is 20.4 Å². The van der Waals surface area contributed by atoms with Crippen LogP contribution in [-0.4, -0.2) is 36.6 Å². The molecule has 11 heteroatoms. The van der Waals surface area contributed by atoms with E-state index in [1.54, 1.807) is 18.6 Å². The molecule has 5 rings (SSSR count). The van der Waals surface area contributed by atoms with Crippen LogP contribution in [0.3, 0.4) is 0 Å². The van der Waals surface area contributed by atoms with E-state index in [1.165, 1.54) is 19.9 Å². The van der Waals surface area contributed by atoms with E-state index in [-0.39, 0.29) is 23.0 Å². The number of aliphatic imine (C=N–C) groups is 1. The number of amidine groups is 1. The summed E-state index contributed by atoms with van der Waals surface area (Å²) in [6.07, 6.45) is 4.53. The fourth-order valence-electron chi connectivity index (χ4n) is 4.20. The molecule has 2 N–H and O–H groups in total. The SMILES string of the molecule is Cc1nn(C2=C/C(=N)Nc3c(c(-c4ccncc4)nn3CC3CC3)C/C=N\2)c(C)c1C(F)(F)F. The second kappa shape index (κ2) is 8.23. The van der Waals surface area contributed by atoms with Crippen LogP contribution in [0.4, 0.5) is 19.0 Å². The molecule has 1 aliphatic carbocycles. The maximum atomic E-state index is 13.5. The third kappa shape index (κ3) is 4.13. The van der Waals surface area contributed by atoms with Gasteiger partial charge in [0.25, 0.3) is 0 Å². The molecule has 3 aromatic rings. The van der Waals surface area contributed by atoms with Crippen molar-refractivity contribution in [2.24, 2.45) is 10.9 Å². The van der Waals surface area contributed by atoms with E-state index in [0.717, 1.165) is 40.9 Å². The predicted molar refractivity (Wildman–Crippen MR) is 123 cm³/mol. The molecule has 1 aliphatic heterocycles. The third-order valence-electron chi connectivity index (χ3n) is 5.97. The first-order valence-electron chi connectivity index (χ1n) is 11.0. The lowest BCUT2D eigenvalue weighted by Gasteiger charge is -2.11. The van der Waals surface area contributed by atoms with Gasteiger partial charge in [0.2, 0.25) is 0 Å². The molecule has 1 saturated carbocycles. The highest BCUT2D eigenvalue weighted by atomic mass is 19.4. The largest absolute Gasteiger partial charge is 0.419 e. The summed E-state index contributed by atoms with van der Waals surface area (Å²) in [5, 5.41) is 20.5. The number of aryl methyl sites for hydroxylation is 1. The van der Waals surface area contributed by atoms with Gasteiger partial charge in [-0.05, 0) is 44.7 Å². The highest BCUT2D eigenvalue weighted by Crippen LogP contribution is 2.37. The Bertz CT molecular complexity index is 1310. The summed E-state index contributed by atoms with van der Waals surface area (Å²) in [7, 11) is 0. The number of pyridine rings is 1. The topological polar surface area (TPSA) is 96.8 Å². The number of hydrogen-bond donors (Lipinski definition) is 2. The minimum absolute atomic E-state index is 0.0189. The van der Waals surface area contributed by atoms with E-state index >= 15 is 0 Å². The normalized spacial score (nSPS) is 18.9. The summed E-state index contributed by atoms with van der Waals surface area (Å²) >= 11 is 0. The van der Waals surface area contributed by atoms with Gasteiger partial charge in [-0.1, -0.05) is 0 Å². The number of aromatic nitrogens is 5. The van der Waals surface area contributed by atoms with Crippen LogP contribution in [0.2, 0.25) is 0 Å². The molecule has 176 valence electrons. The van der Waals surface area contributed by atoms with Crippen LogP contribution in [0.1, 0.15) is 35.4 Å². The Hall–Kier alpha value is -3.76. The van der Waals surface area contributed by atoms with E-state index < -0.39 is 11.7 Å². The maximum Gasteiger partial charge on any atom is 0.419 e. The Labute approximate surface area is 193 Å². The number of anilines is 1. The molecule has 0 aromatic carbocycles. The average Bonchev–Trinajstić information content (AvgIpc) is 3.44. The lowest BCUT2D eigenvalue weighted by molar-refractivity contribution is -0.138. The van der Waals surface area contributed by atoms with Crippen LogP contribution in [0.5, 0.6) is 0 Å². The zero-order valence-electron chi connectivity index (χ0n) is 18.7. The standard InChI is InChI=1S/C23H23F3N8/c1-13-20(23(24,25)26)14(2)34(31-13)19-11-18(27)30-22-17(7-10-29-19)21(16-5-8-28-9-6-16)32-33(22)12-15-3-4-15/h5-6,8-11,15H,3-4,7,12H2,1-2H3,(H2,27,30)/b19-11+,29-10-. The summed E-state index contributed by atoms with van der Waals surface area (Å²) in [6.45, 7) is 3.40. The van der Waals surface area contributed by atoms with Gasteiger partial charge in [-0.15, -0.1) is 0 Å². The first kappa shape index (κ1) is 22.1. The lowest BCUT2D eigenvalue weighted by Crippen LogP contribution is -2.15. The molecule has 2 aliphatic rings. The summed E-state index contributed by atoms with van der Waals surface area (Å²) in [6, 6.07) is 3.74. The molecule has 8 nitrogen and oxygen atoms in total. The minimum Gasteiger partial charge on any atom is -0.325 e. The van der Waals surface area contributed by atoms with Crippen molar-refractivity contribution in [2.45, 2.75) is 45.8 Å². The second-order valence-electron chi connectivity index (χ2n) is 8.55. The minimum atomic E-state index is -4.52. The number of rotatable bonds is 4. The van der Waals surface area contributed by atoms with Gasteiger partial charge in [0, 0.05) is 48.8 Å². The lowest BCUT2D eigenvalue weighted by atomic mass is 10.1. The van der Waals surface area contributed by atoms with Crippen molar-refractivity contribution in [1.82, 2.24) is 24.5 Å². The fourth-order valence-corrected chi connectivity index (χ4v) is 4.20. The molecule has 1 fully saturated rings. The van der Waals surface area contributed by atoms with Gasteiger partial charge in [0.05, 0.1) is 22.6 Å². The van der Waals surface area contributed by atoms with E-state index in [1.807, 2.05) is 16.8 Å². The Kier molecular flexibility index (Phi) is 5.34. The Morgan fingerprint density at radius 1 is 1.15 bits per heavy atom. The zero-order chi connectivity index (χ0) is 24.0. The maximum absolute atomic E-state index is 13.5. The Morgan fingerprint density at radius 3 is 2.53 bits per heavy atom. The highest BCUT2D eigenvalue weighted by molar-refractivity contribution is 6.05. The van der Waals surface area contributed by atoms with Crippen molar-refractivity contribution in [2.75, 3.05) is 5.32 Å². The molecule has 0 atom stereocenters. The van der Waals surface area contributed by atoms with Gasteiger partial charge in [-0.3, -0.25) is 10.4 Å². The predicted octanol–water partition coefficient (Wildman–Crippen LogP) is 4.70.